The summed E-state index contributed by atoms with van der Waals surface area (Å²) in [5, 5.41) is 10.6. The van der Waals surface area contributed by atoms with Crippen molar-refractivity contribution >= 4 is 11.8 Å². The summed E-state index contributed by atoms with van der Waals surface area (Å²) in [4.78, 5) is 4.26. The molecule has 0 spiro atoms. The summed E-state index contributed by atoms with van der Waals surface area (Å²) in [7, 11) is 0. The Morgan fingerprint density at radius 1 is 1.67 bits per heavy atom. The molecule has 1 N–H and O–H groups in total. The second-order valence-corrected chi connectivity index (χ2v) is 5.27. The summed E-state index contributed by atoms with van der Waals surface area (Å²) in [6, 6.07) is 0. The van der Waals surface area contributed by atoms with Gasteiger partial charge in [-0.05, 0) is 25.5 Å². The molecule has 0 amide bonds. The Kier molecular flexibility index (Phi) is 3.70. The van der Waals surface area contributed by atoms with Crippen LogP contribution >= 0.6 is 11.8 Å². The number of aromatic nitrogens is 2. The molecule has 0 aliphatic carbocycles. The van der Waals surface area contributed by atoms with Crippen molar-refractivity contribution in [3.05, 3.63) is 18.2 Å². The predicted molar refractivity (Wildman–Crippen MR) is 63.0 cm³/mol. The Morgan fingerprint density at radius 3 is 3.20 bits per heavy atom. The number of hydrogen-bond acceptors (Lipinski definition) is 3. The second-order valence-electron chi connectivity index (χ2n) is 3.92. The molecular formula is C11H18N2OS. The van der Waals surface area contributed by atoms with E-state index in [-0.39, 0.29) is 0 Å². The van der Waals surface area contributed by atoms with Crippen LogP contribution in [0.3, 0.4) is 0 Å². The van der Waals surface area contributed by atoms with Gasteiger partial charge in [0.05, 0.1) is 0 Å². The average molecular weight is 226 g/mol. The van der Waals surface area contributed by atoms with Gasteiger partial charge >= 0.3 is 0 Å². The van der Waals surface area contributed by atoms with E-state index in [1.165, 1.54) is 18.6 Å². The van der Waals surface area contributed by atoms with Crippen LogP contribution in [-0.4, -0.2) is 25.7 Å². The molecule has 84 valence electrons. The van der Waals surface area contributed by atoms with E-state index < -0.39 is 6.10 Å². The number of aryl methyl sites for hydroxylation is 1. The summed E-state index contributed by atoms with van der Waals surface area (Å²) in [6.07, 6.45) is 6.95. The lowest BCUT2D eigenvalue weighted by molar-refractivity contribution is 0.155. The van der Waals surface area contributed by atoms with Crippen molar-refractivity contribution < 1.29 is 5.11 Å². The third-order valence-electron chi connectivity index (χ3n) is 2.92. The molecule has 1 saturated heterocycles. The number of nitrogens with zero attached hydrogens (tertiary/aromatic N) is 2. The first-order chi connectivity index (χ1) is 7.33. The summed E-state index contributed by atoms with van der Waals surface area (Å²) in [5.74, 6) is 2.01. The van der Waals surface area contributed by atoms with E-state index in [0.717, 1.165) is 18.8 Å². The minimum Gasteiger partial charge on any atom is -0.384 e. The number of aliphatic hydroxyl groups is 1. The number of rotatable bonds is 3. The Morgan fingerprint density at radius 2 is 2.53 bits per heavy atom. The Hall–Kier alpha value is -0.480. The predicted octanol–water partition coefficient (Wildman–Crippen LogP) is 2.22. The minimum atomic E-state index is -0.398. The molecule has 2 rings (SSSR count). The van der Waals surface area contributed by atoms with Gasteiger partial charge in [0.15, 0.2) is 0 Å². The SMILES string of the molecule is CCn1ccnc1C(O)C1CCCCS1. The van der Waals surface area contributed by atoms with Gasteiger partial charge < -0.3 is 9.67 Å². The summed E-state index contributed by atoms with van der Waals surface area (Å²) >= 11 is 1.89. The molecule has 2 atom stereocenters. The van der Waals surface area contributed by atoms with Crippen molar-refractivity contribution in [2.75, 3.05) is 5.75 Å². The van der Waals surface area contributed by atoms with Gasteiger partial charge in [-0.3, -0.25) is 0 Å². The molecule has 3 nitrogen and oxygen atoms in total. The Labute approximate surface area is 94.9 Å². The van der Waals surface area contributed by atoms with E-state index in [2.05, 4.69) is 11.9 Å². The minimum absolute atomic E-state index is 0.339. The summed E-state index contributed by atoms with van der Waals surface area (Å²) < 4.78 is 2.03. The fraction of sp³-hybridized carbons (Fsp3) is 0.727. The highest BCUT2D eigenvalue weighted by atomic mass is 32.2. The fourth-order valence-electron chi connectivity index (χ4n) is 2.04. The van der Waals surface area contributed by atoms with Crippen LogP contribution < -0.4 is 0 Å². The van der Waals surface area contributed by atoms with Crippen molar-refractivity contribution in [1.82, 2.24) is 9.55 Å². The van der Waals surface area contributed by atoms with Crippen LogP contribution in [0.15, 0.2) is 12.4 Å². The lowest BCUT2D eigenvalue weighted by Crippen LogP contribution is -2.22. The van der Waals surface area contributed by atoms with Crippen LogP contribution in [0.1, 0.15) is 38.1 Å². The highest BCUT2D eigenvalue weighted by molar-refractivity contribution is 7.99. The first-order valence-electron chi connectivity index (χ1n) is 5.63. The zero-order valence-electron chi connectivity index (χ0n) is 9.09. The normalized spacial score (nSPS) is 24.0. The van der Waals surface area contributed by atoms with Crippen LogP contribution in [0.25, 0.3) is 0 Å². The van der Waals surface area contributed by atoms with Crippen molar-refractivity contribution in [2.24, 2.45) is 0 Å². The van der Waals surface area contributed by atoms with E-state index in [1.807, 2.05) is 22.5 Å². The third-order valence-corrected chi connectivity index (χ3v) is 4.37. The number of thioether (sulfide) groups is 1. The molecule has 1 aliphatic rings. The topological polar surface area (TPSA) is 38.0 Å². The highest BCUT2D eigenvalue weighted by Gasteiger charge is 2.26. The van der Waals surface area contributed by atoms with Gasteiger partial charge in [0.25, 0.3) is 0 Å². The molecule has 1 aliphatic heterocycles. The van der Waals surface area contributed by atoms with Crippen LogP contribution in [-0.2, 0) is 6.54 Å². The summed E-state index contributed by atoms with van der Waals surface area (Å²) in [6.45, 7) is 2.95. The van der Waals surface area contributed by atoms with Crippen molar-refractivity contribution in [2.45, 2.75) is 44.1 Å². The van der Waals surface area contributed by atoms with E-state index in [1.54, 1.807) is 6.20 Å². The second kappa shape index (κ2) is 5.03. The molecule has 0 bridgehead atoms. The lowest BCUT2D eigenvalue weighted by atomic mass is 10.1. The van der Waals surface area contributed by atoms with Crippen molar-refractivity contribution in [3.8, 4) is 0 Å². The maximum absolute atomic E-state index is 10.2. The fourth-order valence-corrected chi connectivity index (χ4v) is 3.35. The van der Waals surface area contributed by atoms with E-state index >= 15 is 0 Å². The molecule has 4 heteroatoms. The molecule has 1 fully saturated rings. The zero-order valence-corrected chi connectivity index (χ0v) is 9.91. The smallest absolute Gasteiger partial charge is 0.138 e. The quantitative estimate of drug-likeness (QED) is 0.859. The van der Waals surface area contributed by atoms with E-state index in [0.29, 0.717) is 5.25 Å². The van der Waals surface area contributed by atoms with Gasteiger partial charge in [-0.25, -0.2) is 4.98 Å². The summed E-state index contributed by atoms with van der Waals surface area (Å²) in [5.41, 5.74) is 0. The third kappa shape index (κ3) is 2.37. The van der Waals surface area contributed by atoms with E-state index in [9.17, 15) is 5.11 Å². The maximum Gasteiger partial charge on any atom is 0.138 e. The van der Waals surface area contributed by atoms with Crippen LogP contribution in [0.2, 0.25) is 0 Å². The highest BCUT2D eigenvalue weighted by Crippen LogP contribution is 2.33. The Bertz CT molecular complexity index is 307. The standard InChI is InChI=1S/C11H18N2OS/c1-2-13-7-6-12-11(13)10(14)9-5-3-4-8-15-9/h6-7,9-10,14H,2-5,8H2,1H3. The van der Waals surface area contributed by atoms with E-state index in [4.69, 9.17) is 0 Å². The van der Waals surface area contributed by atoms with Crippen LogP contribution in [0.4, 0.5) is 0 Å². The lowest BCUT2D eigenvalue weighted by Gasteiger charge is -2.26. The van der Waals surface area contributed by atoms with Gasteiger partial charge in [-0.2, -0.15) is 11.8 Å². The largest absolute Gasteiger partial charge is 0.384 e. The molecule has 0 aromatic carbocycles. The monoisotopic (exact) mass is 226 g/mol. The van der Waals surface area contributed by atoms with Crippen molar-refractivity contribution in [3.63, 3.8) is 0 Å². The first kappa shape index (κ1) is 11.0. The molecule has 1 aromatic heterocycles. The number of hydrogen-bond donors (Lipinski definition) is 1. The maximum atomic E-state index is 10.2. The molecule has 2 heterocycles. The van der Waals surface area contributed by atoms with Gasteiger partial charge in [0.2, 0.25) is 0 Å². The number of imidazole rings is 1. The molecule has 0 saturated carbocycles. The number of aliphatic hydroxyl groups excluding tert-OH is 1. The first-order valence-corrected chi connectivity index (χ1v) is 6.68. The Balaban J connectivity index is 2.08. The van der Waals surface area contributed by atoms with Gasteiger partial charge in [0, 0.05) is 24.2 Å². The molecule has 15 heavy (non-hydrogen) atoms. The molecule has 0 radical (unpaired) electrons. The molecule has 1 aromatic rings. The van der Waals surface area contributed by atoms with Crippen molar-refractivity contribution in [1.29, 1.82) is 0 Å². The zero-order chi connectivity index (χ0) is 10.7. The molecular weight excluding hydrogens is 208 g/mol. The van der Waals surface area contributed by atoms with Crippen LogP contribution in [0.5, 0.6) is 0 Å². The van der Waals surface area contributed by atoms with Crippen LogP contribution in [0, 0.1) is 0 Å². The van der Waals surface area contributed by atoms with Gasteiger partial charge in [-0.15, -0.1) is 0 Å². The van der Waals surface area contributed by atoms with Gasteiger partial charge in [-0.1, -0.05) is 6.42 Å². The average Bonchev–Trinajstić information content (AvgIpc) is 2.77. The van der Waals surface area contributed by atoms with Gasteiger partial charge in [0.1, 0.15) is 11.9 Å². The molecule has 2 unspecified atom stereocenters.